The highest BCUT2D eigenvalue weighted by Crippen LogP contribution is 2.24. The molecule has 118 valence electrons. The number of piperidine rings is 1. The van der Waals surface area contributed by atoms with E-state index in [0.717, 1.165) is 41.3 Å². The minimum absolute atomic E-state index is 0.0783. The van der Waals surface area contributed by atoms with Crippen LogP contribution in [0.3, 0.4) is 0 Å². The van der Waals surface area contributed by atoms with Gasteiger partial charge in [-0.1, -0.05) is 30.7 Å². The van der Waals surface area contributed by atoms with E-state index >= 15 is 0 Å². The van der Waals surface area contributed by atoms with Gasteiger partial charge in [0, 0.05) is 13.1 Å². The van der Waals surface area contributed by atoms with Crippen LogP contribution in [0.15, 0.2) is 36.4 Å². The van der Waals surface area contributed by atoms with Gasteiger partial charge in [0.25, 0.3) is 0 Å². The summed E-state index contributed by atoms with van der Waals surface area (Å²) >= 11 is 0. The normalized spacial score (nSPS) is 16.8. The molecule has 0 saturated carbocycles. The molecule has 0 amide bonds. The molecule has 0 radical (unpaired) electrons. The van der Waals surface area contributed by atoms with Crippen LogP contribution in [0.25, 0.3) is 10.8 Å². The van der Waals surface area contributed by atoms with Gasteiger partial charge in [0.1, 0.15) is 5.75 Å². The first-order valence-electron chi connectivity index (χ1n) is 7.63. The Morgan fingerprint density at radius 1 is 1.00 bits per heavy atom. The van der Waals surface area contributed by atoms with Crippen LogP contribution in [-0.4, -0.2) is 32.9 Å². The van der Waals surface area contributed by atoms with Crippen molar-refractivity contribution >= 4 is 20.8 Å². The number of sulfonamides is 1. The van der Waals surface area contributed by atoms with E-state index in [9.17, 15) is 8.42 Å². The Morgan fingerprint density at radius 2 is 1.68 bits per heavy atom. The lowest BCUT2D eigenvalue weighted by Crippen LogP contribution is -2.36. The molecule has 5 heteroatoms. The largest absolute Gasteiger partial charge is 0.497 e. The molecular formula is C17H21NO3S. The topological polar surface area (TPSA) is 46.6 Å². The molecule has 1 fully saturated rings. The van der Waals surface area contributed by atoms with Crippen LogP contribution in [-0.2, 0) is 15.8 Å². The summed E-state index contributed by atoms with van der Waals surface area (Å²) in [7, 11) is -1.57. The van der Waals surface area contributed by atoms with Crippen LogP contribution in [0.2, 0.25) is 0 Å². The first-order valence-corrected chi connectivity index (χ1v) is 9.24. The SMILES string of the molecule is COc1ccc2cc(CS(=O)(=O)N3CCCCC3)ccc2c1. The smallest absolute Gasteiger partial charge is 0.218 e. The molecule has 2 aromatic rings. The summed E-state index contributed by atoms with van der Waals surface area (Å²) in [6.45, 7) is 1.32. The second-order valence-corrected chi connectivity index (χ2v) is 7.73. The molecular weight excluding hydrogens is 298 g/mol. The molecule has 0 unspecified atom stereocenters. The molecule has 0 N–H and O–H groups in total. The number of fused-ring (bicyclic) bond motifs is 1. The van der Waals surface area contributed by atoms with E-state index < -0.39 is 10.0 Å². The molecule has 0 atom stereocenters. The maximum Gasteiger partial charge on any atom is 0.218 e. The monoisotopic (exact) mass is 319 g/mol. The fraction of sp³-hybridized carbons (Fsp3) is 0.412. The van der Waals surface area contributed by atoms with E-state index in [2.05, 4.69) is 0 Å². The van der Waals surface area contributed by atoms with Crippen molar-refractivity contribution in [2.24, 2.45) is 0 Å². The van der Waals surface area contributed by atoms with Gasteiger partial charge < -0.3 is 4.74 Å². The Balaban J connectivity index is 1.84. The second kappa shape index (κ2) is 6.26. The third kappa shape index (κ3) is 3.25. The first kappa shape index (κ1) is 15.3. The molecule has 2 aromatic carbocycles. The van der Waals surface area contributed by atoms with Crippen molar-refractivity contribution in [1.82, 2.24) is 4.31 Å². The number of benzene rings is 2. The second-order valence-electron chi connectivity index (χ2n) is 5.76. The fourth-order valence-corrected chi connectivity index (χ4v) is 4.53. The minimum atomic E-state index is -3.21. The molecule has 0 aliphatic carbocycles. The molecule has 22 heavy (non-hydrogen) atoms. The van der Waals surface area contributed by atoms with Crippen molar-refractivity contribution in [2.45, 2.75) is 25.0 Å². The summed E-state index contributed by atoms with van der Waals surface area (Å²) in [6.07, 6.45) is 3.07. The molecule has 1 aliphatic heterocycles. The Labute approximate surface area is 131 Å². The third-order valence-electron chi connectivity index (χ3n) is 4.17. The number of rotatable bonds is 4. The van der Waals surface area contributed by atoms with Gasteiger partial charge in [0.15, 0.2) is 0 Å². The van der Waals surface area contributed by atoms with E-state index in [0.29, 0.717) is 13.1 Å². The Bertz CT molecular complexity index is 765. The van der Waals surface area contributed by atoms with Gasteiger partial charge in [0.05, 0.1) is 12.9 Å². The zero-order valence-electron chi connectivity index (χ0n) is 12.8. The molecule has 1 aliphatic rings. The Kier molecular flexibility index (Phi) is 4.36. The van der Waals surface area contributed by atoms with Gasteiger partial charge in [-0.3, -0.25) is 0 Å². The van der Waals surface area contributed by atoms with Crippen LogP contribution < -0.4 is 4.74 Å². The molecule has 1 heterocycles. The number of nitrogens with zero attached hydrogens (tertiary/aromatic N) is 1. The van der Waals surface area contributed by atoms with Crippen molar-refractivity contribution in [2.75, 3.05) is 20.2 Å². The van der Waals surface area contributed by atoms with Crippen molar-refractivity contribution in [1.29, 1.82) is 0 Å². The van der Waals surface area contributed by atoms with Crippen molar-refractivity contribution in [3.8, 4) is 5.75 Å². The van der Waals surface area contributed by atoms with Gasteiger partial charge in [-0.15, -0.1) is 0 Å². The highest BCUT2D eigenvalue weighted by molar-refractivity contribution is 7.88. The van der Waals surface area contributed by atoms with Gasteiger partial charge in [-0.25, -0.2) is 12.7 Å². The molecule has 0 bridgehead atoms. The average molecular weight is 319 g/mol. The lowest BCUT2D eigenvalue weighted by Gasteiger charge is -2.25. The zero-order valence-corrected chi connectivity index (χ0v) is 13.6. The predicted molar refractivity (Wildman–Crippen MR) is 88.5 cm³/mol. The summed E-state index contributed by atoms with van der Waals surface area (Å²) in [4.78, 5) is 0. The first-order chi connectivity index (χ1) is 10.6. The quantitative estimate of drug-likeness (QED) is 0.869. The standard InChI is InChI=1S/C17H21NO3S/c1-21-17-8-7-15-11-14(5-6-16(15)12-17)13-22(19,20)18-9-3-2-4-10-18/h5-8,11-12H,2-4,9-10,13H2,1H3. The number of methoxy groups -OCH3 is 1. The average Bonchev–Trinajstić information content (AvgIpc) is 2.55. The summed E-state index contributed by atoms with van der Waals surface area (Å²) in [5.74, 6) is 0.885. The van der Waals surface area contributed by atoms with Gasteiger partial charge in [0.2, 0.25) is 10.0 Å². The van der Waals surface area contributed by atoms with Crippen LogP contribution in [0.1, 0.15) is 24.8 Å². The van der Waals surface area contributed by atoms with Crippen molar-refractivity contribution < 1.29 is 13.2 Å². The Hall–Kier alpha value is -1.59. The molecule has 0 spiro atoms. The lowest BCUT2D eigenvalue weighted by molar-refractivity contribution is 0.346. The molecule has 4 nitrogen and oxygen atoms in total. The van der Waals surface area contributed by atoms with E-state index in [-0.39, 0.29) is 5.75 Å². The number of hydrogen-bond acceptors (Lipinski definition) is 3. The van der Waals surface area contributed by atoms with E-state index in [1.54, 1.807) is 11.4 Å². The maximum atomic E-state index is 12.5. The van der Waals surface area contributed by atoms with Gasteiger partial charge in [-0.05, 0) is 41.3 Å². The van der Waals surface area contributed by atoms with Crippen LogP contribution in [0.5, 0.6) is 5.75 Å². The zero-order chi connectivity index (χ0) is 15.6. The highest BCUT2D eigenvalue weighted by atomic mass is 32.2. The number of hydrogen-bond donors (Lipinski definition) is 0. The fourth-order valence-electron chi connectivity index (χ4n) is 2.94. The van der Waals surface area contributed by atoms with Gasteiger partial charge in [-0.2, -0.15) is 0 Å². The highest BCUT2D eigenvalue weighted by Gasteiger charge is 2.24. The Morgan fingerprint density at radius 3 is 2.41 bits per heavy atom. The van der Waals surface area contributed by atoms with Crippen molar-refractivity contribution in [3.63, 3.8) is 0 Å². The molecule has 0 aromatic heterocycles. The van der Waals surface area contributed by atoms with Crippen molar-refractivity contribution in [3.05, 3.63) is 42.0 Å². The van der Waals surface area contributed by atoms with Crippen LogP contribution in [0.4, 0.5) is 0 Å². The van der Waals surface area contributed by atoms with Gasteiger partial charge >= 0.3 is 0 Å². The predicted octanol–water partition coefficient (Wildman–Crippen LogP) is 3.16. The third-order valence-corrected chi connectivity index (χ3v) is 6.02. The minimum Gasteiger partial charge on any atom is -0.497 e. The summed E-state index contributed by atoms with van der Waals surface area (Å²) < 4.78 is 31.8. The summed E-state index contributed by atoms with van der Waals surface area (Å²) in [6, 6.07) is 11.6. The van der Waals surface area contributed by atoms with E-state index in [1.165, 1.54) is 0 Å². The van der Waals surface area contributed by atoms with E-state index in [4.69, 9.17) is 4.74 Å². The summed E-state index contributed by atoms with van der Waals surface area (Å²) in [5.41, 5.74) is 0.836. The number of ether oxygens (including phenoxy) is 1. The molecule has 1 saturated heterocycles. The lowest BCUT2D eigenvalue weighted by atomic mass is 10.1. The molecule has 3 rings (SSSR count). The summed E-state index contributed by atoms with van der Waals surface area (Å²) in [5, 5.41) is 2.09. The van der Waals surface area contributed by atoms with E-state index in [1.807, 2.05) is 36.4 Å². The van der Waals surface area contributed by atoms with Crippen LogP contribution >= 0.6 is 0 Å². The van der Waals surface area contributed by atoms with Crippen LogP contribution in [0, 0.1) is 0 Å². The maximum absolute atomic E-state index is 12.5.